The van der Waals surface area contributed by atoms with Crippen molar-refractivity contribution >= 4 is 17.8 Å². The van der Waals surface area contributed by atoms with Crippen LogP contribution < -0.4 is 10.1 Å². The van der Waals surface area contributed by atoms with Crippen LogP contribution in [0.25, 0.3) is 0 Å². The molecule has 1 aliphatic heterocycles. The number of imide groups is 2. The Morgan fingerprint density at radius 3 is 2.70 bits per heavy atom. The largest absolute Gasteiger partial charge is 0.481 e. The Morgan fingerprint density at radius 2 is 2.05 bits per heavy atom. The Hall–Kier alpha value is -2.44. The normalized spacial score (nSPS) is 17.9. The number of methoxy groups -OCH3 is 1. The van der Waals surface area contributed by atoms with Crippen molar-refractivity contribution in [1.29, 1.82) is 0 Å². The van der Waals surface area contributed by atoms with E-state index in [0.717, 1.165) is 4.90 Å². The fourth-order valence-corrected chi connectivity index (χ4v) is 1.83. The lowest BCUT2D eigenvalue weighted by Gasteiger charge is -2.34. The zero-order chi connectivity index (χ0) is 14.9. The lowest BCUT2D eigenvalue weighted by Crippen LogP contribution is -2.61. The van der Waals surface area contributed by atoms with Crippen LogP contribution in [0.15, 0.2) is 18.3 Å². The third kappa shape index (κ3) is 2.34. The van der Waals surface area contributed by atoms with E-state index in [9.17, 15) is 14.4 Å². The summed E-state index contributed by atoms with van der Waals surface area (Å²) in [5, 5.41) is 2.18. The van der Waals surface area contributed by atoms with Crippen LogP contribution in [0.5, 0.6) is 5.88 Å². The molecule has 0 aliphatic carbocycles. The maximum Gasteiger partial charge on any atom is 0.331 e. The molecular formula is C13H15N3O4. The van der Waals surface area contributed by atoms with E-state index in [4.69, 9.17) is 4.74 Å². The van der Waals surface area contributed by atoms with E-state index in [0.29, 0.717) is 11.4 Å². The number of nitrogens with one attached hydrogen (secondary N) is 1. The van der Waals surface area contributed by atoms with E-state index in [-0.39, 0.29) is 6.54 Å². The first kappa shape index (κ1) is 14.0. The predicted molar refractivity (Wildman–Crippen MR) is 68.7 cm³/mol. The molecule has 0 unspecified atom stereocenters. The summed E-state index contributed by atoms with van der Waals surface area (Å²) in [5.74, 6) is -0.721. The summed E-state index contributed by atoms with van der Waals surface area (Å²) in [6.45, 7) is 3.02. The monoisotopic (exact) mass is 277 g/mol. The molecule has 1 aromatic heterocycles. The molecule has 0 bridgehead atoms. The molecule has 0 aromatic carbocycles. The highest BCUT2D eigenvalue weighted by molar-refractivity contribution is 6.18. The van der Waals surface area contributed by atoms with E-state index >= 15 is 0 Å². The average Bonchev–Trinajstić information content (AvgIpc) is 2.42. The van der Waals surface area contributed by atoms with E-state index in [1.807, 2.05) is 0 Å². The number of urea groups is 1. The molecule has 0 atom stereocenters. The SMILES string of the molecule is COc1cc(CN2C(=O)NC(=O)C(C)(C)C2=O)ccn1. The molecule has 1 aliphatic rings. The van der Waals surface area contributed by atoms with Gasteiger partial charge in [-0.05, 0) is 25.5 Å². The van der Waals surface area contributed by atoms with Crippen molar-refractivity contribution in [2.75, 3.05) is 7.11 Å². The standard InChI is InChI=1S/C13H15N3O4/c1-13(2)10(17)15-12(19)16(11(13)18)7-8-4-5-14-9(6-8)20-3/h4-6H,7H2,1-3H3,(H,15,17,19). The van der Waals surface area contributed by atoms with Crippen LogP contribution in [0.2, 0.25) is 0 Å². The smallest absolute Gasteiger partial charge is 0.331 e. The Labute approximate surface area is 115 Å². The van der Waals surface area contributed by atoms with Crippen LogP contribution in [0.3, 0.4) is 0 Å². The van der Waals surface area contributed by atoms with Crippen LogP contribution in [0.4, 0.5) is 4.79 Å². The number of carbonyl (C=O) groups excluding carboxylic acids is 3. The fourth-order valence-electron chi connectivity index (χ4n) is 1.83. The van der Waals surface area contributed by atoms with Crippen molar-refractivity contribution in [2.45, 2.75) is 20.4 Å². The molecular weight excluding hydrogens is 262 g/mol. The molecule has 2 heterocycles. The summed E-state index contributed by atoms with van der Waals surface area (Å²) in [5.41, 5.74) is -0.573. The van der Waals surface area contributed by atoms with E-state index in [1.54, 1.807) is 12.1 Å². The van der Waals surface area contributed by atoms with Crippen molar-refractivity contribution in [2.24, 2.45) is 5.41 Å². The second kappa shape index (κ2) is 4.92. The van der Waals surface area contributed by atoms with Crippen molar-refractivity contribution in [3.63, 3.8) is 0 Å². The summed E-state index contributed by atoms with van der Waals surface area (Å²) in [7, 11) is 1.48. The van der Waals surface area contributed by atoms with Gasteiger partial charge < -0.3 is 4.74 Å². The number of rotatable bonds is 3. The molecule has 2 rings (SSSR count). The van der Waals surface area contributed by atoms with Gasteiger partial charge in [0.2, 0.25) is 17.7 Å². The topological polar surface area (TPSA) is 88.6 Å². The number of hydrogen-bond acceptors (Lipinski definition) is 5. The number of carbonyl (C=O) groups is 3. The minimum Gasteiger partial charge on any atom is -0.481 e. The molecule has 1 aromatic rings. The first-order valence-corrected chi connectivity index (χ1v) is 6.02. The van der Waals surface area contributed by atoms with Gasteiger partial charge in [0.15, 0.2) is 0 Å². The molecule has 0 spiro atoms. The molecule has 1 N–H and O–H groups in total. The second-order valence-corrected chi connectivity index (χ2v) is 4.98. The van der Waals surface area contributed by atoms with Gasteiger partial charge in [-0.15, -0.1) is 0 Å². The van der Waals surface area contributed by atoms with Crippen molar-refractivity contribution in [3.8, 4) is 5.88 Å². The molecule has 0 radical (unpaired) electrons. The Bertz CT molecular complexity index is 583. The number of nitrogens with zero attached hydrogens (tertiary/aromatic N) is 2. The van der Waals surface area contributed by atoms with Gasteiger partial charge in [-0.1, -0.05) is 0 Å². The van der Waals surface area contributed by atoms with Crippen LogP contribution >= 0.6 is 0 Å². The first-order chi connectivity index (χ1) is 9.36. The summed E-state index contributed by atoms with van der Waals surface area (Å²) in [6, 6.07) is 2.59. The third-order valence-electron chi connectivity index (χ3n) is 3.16. The maximum atomic E-state index is 12.2. The zero-order valence-electron chi connectivity index (χ0n) is 11.5. The van der Waals surface area contributed by atoms with Crippen LogP contribution in [0.1, 0.15) is 19.4 Å². The van der Waals surface area contributed by atoms with Crippen molar-refractivity contribution in [3.05, 3.63) is 23.9 Å². The number of amides is 4. The molecule has 106 valence electrons. The summed E-state index contributed by atoms with van der Waals surface area (Å²) >= 11 is 0. The number of ether oxygens (including phenoxy) is 1. The Morgan fingerprint density at radius 1 is 1.35 bits per heavy atom. The minimum absolute atomic E-state index is 0.0558. The van der Waals surface area contributed by atoms with E-state index in [2.05, 4.69) is 10.3 Å². The van der Waals surface area contributed by atoms with Gasteiger partial charge in [0.05, 0.1) is 13.7 Å². The summed E-state index contributed by atoms with van der Waals surface area (Å²) in [4.78, 5) is 40.6. The van der Waals surface area contributed by atoms with Gasteiger partial charge in [0, 0.05) is 12.3 Å². The highest BCUT2D eigenvalue weighted by Gasteiger charge is 2.46. The first-order valence-electron chi connectivity index (χ1n) is 6.02. The van der Waals surface area contributed by atoms with E-state index < -0.39 is 23.3 Å². The Kier molecular flexibility index (Phi) is 3.44. The number of barbiturate groups is 1. The molecule has 7 heteroatoms. The predicted octanol–water partition coefficient (Wildman–Crippen LogP) is 0.695. The summed E-state index contributed by atoms with van der Waals surface area (Å²) in [6.07, 6.45) is 1.52. The van der Waals surface area contributed by atoms with Gasteiger partial charge in [0.25, 0.3) is 0 Å². The lowest BCUT2D eigenvalue weighted by atomic mass is 9.88. The van der Waals surface area contributed by atoms with Gasteiger partial charge in [0.1, 0.15) is 5.41 Å². The van der Waals surface area contributed by atoms with Gasteiger partial charge in [-0.2, -0.15) is 0 Å². The van der Waals surface area contributed by atoms with E-state index in [1.165, 1.54) is 27.2 Å². The molecule has 20 heavy (non-hydrogen) atoms. The molecule has 1 fully saturated rings. The van der Waals surface area contributed by atoms with Gasteiger partial charge in [-0.3, -0.25) is 19.8 Å². The third-order valence-corrected chi connectivity index (χ3v) is 3.16. The minimum atomic E-state index is -1.26. The summed E-state index contributed by atoms with van der Waals surface area (Å²) < 4.78 is 4.99. The highest BCUT2D eigenvalue weighted by atomic mass is 16.5. The quantitative estimate of drug-likeness (QED) is 0.821. The van der Waals surface area contributed by atoms with Crippen molar-refractivity contribution < 1.29 is 19.1 Å². The fraction of sp³-hybridized carbons (Fsp3) is 0.385. The number of pyridine rings is 1. The van der Waals surface area contributed by atoms with Gasteiger partial charge in [-0.25, -0.2) is 9.78 Å². The lowest BCUT2D eigenvalue weighted by molar-refractivity contribution is -0.149. The molecule has 0 saturated carbocycles. The highest BCUT2D eigenvalue weighted by Crippen LogP contribution is 2.25. The number of hydrogen-bond donors (Lipinski definition) is 1. The van der Waals surface area contributed by atoms with Crippen LogP contribution in [-0.4, -0.2) is 34.8 Å². The van der Waals surface area contributed by atoms with Gasteiger partial charge >= 0.3 is 6.03 Å². The molecule has 1 saturated heterocycles. The second-order valence-electron chi connectivity index (χ2n) is 4.98. The number of aromatic nitrogens is 1. The molecule has 4 amide bonds. The maximum absolute atomic E-state index is 12.2. The van der Waals surface area contributed by atoms with Crippen LogP contribution in [0, 0.1) is 5.41 Å². The van der Waals surface area contributed by atoms with Crippen LogP contribution in [-0.2, 0) is 16.1 Å². The molecule has 7 nitrogen and oxygen atoms in total. The van der Waals surface area contributed by atoms with Crippen molar-refractivity contribution in [1.82, 2.24) is 15.2 Å². The Balaban J connectivity index is 2.25. The zero-order valence-corrected chi connectivity index (χ0v) is 11.5. The average molecular weight is 277 g/mol.